The molecule has 1 rings (SSSR count). The van der Waals surface area contributed by atoms with Crippen molar-refractivity contribution in [2.75, 3.05) is 13.1 Å². The Morgan fingerprint density at radius 1 is 1.44 bits per heavy atom. The van der Waals surface area contributed by atoms with Crippen LogP contribution in [-0.4, -0.2) is 40.8 Å². The number of amides is 1. The molecule has 0 unspecified atom stereocenters. The van der Waals surface area contributed by atoms with Gasteiger partial charge in [0.05, 0.1) is 0 Å². The average molecular weight is 265 g/mol. The van der Waals surface area contributed by atoms with Crippen LogP contribution in [0, 0.1) is 0 Å². The first kappa shape index (κ1) is 15.0. The number of carbonyl (C=O) groups is 1. The van der Waals surface area contributed by atoms with Crippen LogP contribution < -0.4 is 0 Å². The number of nitrogens with zero attached hydrogens (tertiary/aromatic N) is 1. The summed E-state index contributed by atoms with van der Waals surface area (Å²) in [6, 6.07) is 0. The maximum atomic E-state index is 12.6. The summed E-state index contributed by atoms with van der Waals surface area (Å²) in [4.78, 5) is 12.8. The van der Waals surface area contributed by atoms with Gasteiger partial charge in [-0.3, -0.25) is 4.79 Å². The highest BCUT2D eigenvalue weighted by molar-refractivity contribution is 5.86. The van der Waals surface area contributed by atoms with Crippen LogP contribution >= 0.6 is 0 Å². The molecule has 1 aliphatic rings. The fraction of sp³-hybridized carbons (Fsp3) is 0.750. The number of hydrogen-bond donors (Lipinski definition) is 1. The van der Waals surface area contributed by atoms with E-state index in [0.717, 1.165) is 16.9 Å². The molecule has 0 aromatic heterocycles. The summed E-state index contributed by atoms with van der Waals surface area (Å²) in [7, 11) is 0. The fourth-order valence-corrected chi connectivity index (χ4v) is 2.04. The minimum Gasteiger partial charge on any atom is -0.373 e. The van der Waals surface area contributed by atoms with Crippen LogP contribution in [0.25, 0.3) is 0 Å². The second-order valence-electron chi connectivity index (χ2n) is 4.78. The Labute approximate surface area is 104 Å². The van der Waals surface area contributed by atoms with Gasteiger partial charge >= 0.3 is 6.18 Å². The molecule has 1 N–H and O–H groups in total. The lowest BCUT2D eigenvalue weighted by Gasteiger charge is -2.35. The number of carbonyl (C=O) groups excluding carboxylic acids is 1. The molecule has 6 heteroatoms. The van der Waals surface area contributed by atoms with Crippen LogP contribution in [0.4, 0.5) is 13.2 Å². The van der Waals surface area contributed by atoms with E-state index in [1.165, 1.54) is 5.57 Å². The summed E-state index contributed by atoms with van der Waals surface area (Å²) in [5.74, 6) is -1.27. The Kier molecular flexibility index (Phi) is 4.10. The second-order valence-corrected chi connectivity index (χ2v) is 4.78. The molecule has 104 valence electrons. The fourth-order valence-electron chi connectivity index (χ4n) is 2.04. The molecule has 18 heavy (non-hydrogen) atoms. The van der Waals surface area contributed by atoms with E-state index in [-0.39, 0.29) is 13.1 Å². The molecule has 1 atom stereocenters. The van der Waals surface area contributed by atoms with Crippen molar-refractivity contribution in [3.8, 4) is 0 Å². The van der Waals surface area contributed by atoms with Gasteiger partial charge in [-0.05, 0) is 26.7 Å². The zero-order valence-corrected chi connectivity index (χ0v) is 10.8. The van der Waals surface area contributed by atoms with Gasteiger partial charge in [-0.1, -0.05) is 18.1 Å². The van der Waals surface area contributed by atoms with Crippen molar-refractivity contribution in [1.82, 2.24) is 4.90 Å². The standard InChI is InChI=1S/C12H18F3NO2/c1-4-9-5-6-16(7-8(9)2)10(17)11(3,18)12(13,14)15/h18H,4-7H2,1-3H3/t11-/m0/s1. The third kappa shape index (κ3) is 2.68. The van der Waals surface area contributed by atoms with E-state index in [4.69, 9.17) is 0 Å². The van der Waals surface area contributed by atoms with Gasteiger partial charge in [0.1, 0.15) is 0 Å². The third-order valence-corrected chi connectivity index (χ3v) is 3.40. The maximum Gasteiger partial charge on any atom is 0.426 e. The highest BCUT2D eigenvalue weighted by Crippen LogP contribution is 2.33. The summed E-state index contributed by atoms with van der Waals surface area (Å²) >= 11 is 0. The van der Waals surface area contributed by atoms with Gasteiger partial charge in [0, 0.05) is 13.1 Å². The second kappa shape index (κ2) is 4.91. The Bertz CT molecular complexity index is 372. The van der Waals surface area contributed by atoms with Crippen molar-refractivity contribution in [2.45, 2.75) is 45.4 Å². The SMILES string of the molecule is CCC1=C(C)CN(C(=O)[C@](C)(O)C(F)(F)F)CC1. The Balaban J connectivity index is 2.86. The number of alkyl halides is 3. The molecule has 0 aromatic carbocycles. The van der Waals surface area contributed by atoms with Crippen molar-refractivity contribution in [2.24, 2.45) is 0 Å². The van der Waals surface area contributed by atoms with Crippen LogP contribution in [0.15, 0.2) is 11.1 Å². The molecule has 0 saturated carbocycles. The Morgan fingerprint density at radius 3 is 2.39 bits per heavy atom. The summed E-state index contributed by atoms with van der Waals surface area (Å²) in [5.41, 5.74) is -1.22. The van der Waals surface area contributed by atoms with E-state index in [0.29, 0.717) is 13.3 Å². The summed E-state index contributed by atoms with van der Waals surface area (Å²) in [6.07, 6.45) is -3.54. The normalized spacial score (nSPS) is 20.9. The van der Waals surface area contributed by atoms with E-state index < -0.39 is 17.7 Å². The molecule has 1 amide bonds. The quantitative estimate of drug-likeness (QED) is 0.778. The summed E-state index contributed by atoms with van der Waals surface area (Å²) in [6.45, 7) is 4.67. The molecular weight excluding hydrogens is 247 g/mol. The molecule has 0 aliphatic carbocycles. The highest BCUT2D eigenvalue weighted by Gasteiger charge is 2.57. The van der Waals surface area contributed by atoms with Crippen molar-refractivity contribution in [3.63, 3.8) is 0 Å². The van der Waals surface area contributed by atoms with Crippen LogP contribution in [0.3, 0.4) is 0 Å². The van der Waals surface area contributed by atoms with Gasteiger partial charge in [-0.2, -0.15) is 13.2 Å². The van der Waals surface area contributed by atoms with Crippen molar-refractivity contribution in [1.29, 1.82) is 0 Å². The van der Waals surface area contributed by atoms with Crippen LogP contribution in [-0.2, 0) is 4.79 Å². The van der Waals surface area contributed by atoms with Crippen molar-refractivity contribution in [3.05, 3.63) is 11.1 Å². The first-order valence-corrected chi connectivity index (χ1v) is 5.87. The van der Waals surface area contributed by atoms with E-state index in [1.54, 1.807) is 6.92 Å². The van der Waals surface area contributed by atoms with Gasteiger partial charge in [-0.25, -0.2) is 0 Å². The zero-order chi connectivity index (χ0) is 14.1. The van der Waals surface area contributed by atoms with Gasteiger partial charge in [0.25, 0.3) is 5.91 Å². The molecule has 0 bridgehead atoms. The topological polar surface area (TPSA) is 40.5 Å². The van der Waals surface area contributed by atoms with E-state index in [9.17, 15) is 23.1 Å². The molecule has 1 aliphatic heterocycles. The monoisotopic (exact) mass is 265 g/mol. The Hall–Kier alpha value is -1.04. The average Bonchev–Trinajstić information content (AvgIpc) is 2.26. The molecular formula is C12H18F3NO2. The third-order valence-electron chi connectivity index (χ3n) is 3.40. The van der Waals surface area contributed by atoms with Gasteiger partial charge in [0.15, 0.2) is 0 Å². The van der Waals surface area contributed by atoms with E-state index in [1.807, 2.05) is 6.92 Å². The molecule has 0 saturated heterocycles. The zero-order valence-electron chi connectivity index (χ0n) is 10.8. The van der Waals surface area contributed by atoms with Crippen molar-refractivity contribution < 1.29 is 23.1 Å². The van der Waals surface area contributed by atoms with Crippen molar-refractivity contribution >= 4 is 5.91 Å². The molecule has 1 heterocycles. The lowest BCUT2D eigenvalue weighted by molar-refractivity contribution is -0.250. The van der Waals surface area contributed by atoms with Crippen LogP contribution in [0.2, 0.25) is 0 Å². The first-order valence-electron chi connectivity index (χ1n) is 5.87. The number of aliphatic hydroxyl groups is 1. The molecule has 0 fully saturated rings. The molecule has 3 nitrogen and oxygen atoms in total. The van der Waals surface area contributed by atoms with E-state index in [2.05, 4.69) is 0 Å². The number of rotatable bonds is 2. The lowest BCUT2D eigenvalue weighted by atomic mass is 9.96. The summed E-state index contributed by atoms with van der Waals surface area (Å²) in [5, 5.41) is 9.35. The molecule has 0 spiro atoms. The van der Waals surface area contributed by atoms with Gasteiger partial charge in [0.2, 0.25) is 5.60 Å². The minimum absolute atomic E-state index is 0.161. The number of halogens is 3. The maximum absolute atomic E-state index is 12.6. The van der Waals surface area contributed by atoms with Gasteiger partial charge < -0.3 is 10.0 Å². The minimum atomic E-state index is -4.95. The molecule has 0 radical (unpaired) electrons. The predicted molar refractivity (Wildman–Crippen MR) is 60.9 cm³/mol. The van der Waals surface area contributed by atoms with Gasteiger partial charge in [-0.15, -0.1) is 0 Å². The largest absolute Gasteiger partial charge is 0.426 e. The lowest BCUT2D eigenvalue weighted by Crippen LogP contribution is -2.57. The van der Waals surface area contributed by atoms with Crippen LogP contribution in [0.1, 0.15) is 33.6 Å². The summed E-state index contributed by atoms with van der Waals surface area (Å²) < 4.78 is 37.7. The number of hydrogen-bond acceptors (Lipinski definition) is 2. The first-order chi connectivity index (χ1) is 8.11. The highest BCUT2D eigenvalue weighted by atomic mass is 19.4. The van der Waals surface area contributed by atoms with Crippen LogP contribution in [0.5, 0.6) is 0 Å². The smallest absolute Gasteiger partial charge is 0.373 e. The predicted octanol–water partition coefficient (Wildman–Crippen LogP) is 2.26. The molecule has 0 aromatic rings. The Morgan fingerprint density at radius 2 is 2.00 bits per heavy atom. The van der Waals surface area contributed by atoms with E-state index >= 15 is 0 Å².